The Morgan fingerprint density at radius 1 is 1.27 bits per heavy atom. The predicted molar refractivity (Wildman–Crippen MR) is 59.1 cm³/mol. The van der Waals surface area contributed by atoms with Crippen LogP contribution in [0, 0.1) is 5.41 Å². The molecule has 2 fully saturated rings. The maximum Gasteiger partial charge on any atom is 0.225 e. The molecule has 15 heavy (non-hydrogen) atoms. The highest BCUT2D eigenvalue weighted by Gasteiger charge is 2.43. The Morgan fingerprint density at radius 2 is 2.00 bits per heavy atom. The van der Waals surface area contributed by atoms with Gasteiger partial charge in [-0.1, -0.05) is 13.8 Å². The van der Waals surface area contributed by atoms with Crippen LogP contribution in [0.25, 0.3) is 0 Å². The lowest BCUT2D eigenvalue weighted by Crippen LogP contribution is -2.37. The first-order valence-electron chi connectivity index (χ1n) is 5.70. The quantitative estimate of drug-likeness (QED) is 0.774. The topological polar surface area (TPSA) is 30.7 Å². The van der Waals surface area contributed by atoms with Crippen molar-refractivity contribution in [2.75, 3.05) is 0 Å². The van der Waals surface area contributed by atoms with Gasteiger partial charge in [0, 0.05) is 12.0 Å². The SMILES string of the molecule is CC1(C)CCC1n1c(Cl)nnc1C1CC1. The molecule has 2 saturated carbocycles. The maximum absolute atomic E-state index is 6.14. The molecular weight excluding hydrogens is 210 g/mol. The smallest absolute Gasteiger partial charge is 0.225 e. The largest absolute Gasteiger partial charge is 0.298 e. The van der Waals surface area contributed by atoms with Gasteiger partial charge >= 0.3 is 0 Å². The van der Waals surface area contributed by atoms with Crippen LogP contribution >= 0.6 is 11.6 Å². The second-order valence-electron chi connectivity index (χ2n) is 5.51. The van der Waals surface area contributed by atoms with Gasteiger partial charge in [0.1, 0.15) is 5.82 Å². The minimum atomic E-state index is 0.357. The summed E-state index contributed by atoms with van der Waals surface area (Å²) < 4.78 is 2.18. The van der Waals surface area contributed by atoms with E-state index < -0.39 is 0 Å². The zero-order chi connectivity index (χ0) is 10.6. The fourth-order valence-corrected chi connectivity index (χ4v) is 2.76. The van der Waals surface area contributed by atoms with Crippen molar-refractivity contribution >= 4 is 11.6 Å². The molecule has 82 valence electrons. The first-order chi connectivity index (χ1) is 7.09. The standard InChI is InChI=1S/C11H16ClN3/c1-11(2)6-5-8(11)15-9(7-3-4-7)13-14-10(15)12/h7-8H,3-6H2,1-2H3. The van der Waals surface area contributed by atoms with Crippen LogP contribution in [0.5, 0.6) is 0 Å². The summed E-state index contributed by atoms with van der Waals surface area (Å²) in [5, 5.41) is 8.83. The molecule has 0 amide bonds. The molecule has 0 bridgehead atoms. The summed E-state index contributed by atoms with van der Waals surface area (Å²) in [6.07, 6.45) is 4.99. The minimum Gasteiger partial charge on any atom is -0.298 e. The molecule has 0 N–H and O–H groups in total. The van der Waals surface area contributed by atoms with E-state index in [1.807, 2.05) is 0 Å². The molecule has 3 rings (SSSR count). The van der Waals surface area contributed by atoms with Crippen molar-refractivity contribution < 1.29 is 0 Å². The number of halogens is 1. The molecule has 1 aromatic rings. The maximum atomic E-state index is 6.14. The predicted octanol–water partition coefficient (Wildman–Crippen LogP) is 3.17. The van der Waals surface area contributed by atoms with Crippen molar-refractivity contribution in [1.82, 2.24) is 14.8 Å². The van der Waals surface area contributed by atoms with E-state index in [1.165, 1.54) is 25.7 Å². The van der Waals surface area contributed by atoms with E-state index >= 15 is 0 Å². The molecule has 1 atom stereocenters. The molecule has 0 spiro atoms. The average Bonchev–Trinajstić information content (AvgIpc) is 2.94. The van der Waals surface area contributed by atoms with E-state index in [4.69, 9.17) is 11.6 Å². The first-order valence-corrected chi connectivity index (χ1v) is 6.08. The highest BCUT2D eigenvalue weighted by molar-refractivity contribution is 6.28. The Kier molecular flexibility index (Phi) is 1.91. The van der Waals surface area contributed by atoms with Gasteiger partial charge in [-0.2, -0.15) is 0 Å². The van der Waals surface area contributed by atoms with Gasteiger partial charge in [-0.25, -0.2) is 0 Å². The molecule has 0 saturated heterocycles. The summed E-state index contributed by atoms with van der Waals surface area (Å²) in [7, 11) is 0. The summed E-state index contributed by atoms with van der Waals surface area (Å²) in [4.78, 5) is 0. The highest BCUT2D eigenvalue weighted by atomic mass is 35.5. The molecule has 0 aliphatic heterocycles. The average molecular weight is 226 g/mol. The Hall–Kier alpha value is -0.570. The fourth-order valence-electron chi connectivity index (χ4n) is 2.52. The van der Waals surface area contributed by atoms with Crippen LogP contribution in [0.15, 0.2) is 0 Å². The van der Waals surface area contributed by atoms with Gasteiger partial charge in [-0.3, -0.25) is 4.57 Å². The molecule has 1 heterocycles. The van der Waals surface area contributed by atoms with Crippen molar-refractivity contribution in [3.05, 3.63) is 11.1 Å². The monoisotopic (exact) mass is 225 g/mol. The van der Waals surface area contributed by atoms with Crippen molar-refractivity contribution in [1.29, 1.82) is 0 Å². The Morgan fingerprint density at radius 3 is 2.47 bits per heavy atom. The molecule has 4 heteroatoms. The number of rotatable bonds is 2. The lowest BCUT2D eigenvalue weighted by atomic mass is 9.67. The van der Waals surface area contributed by atoms with E-state index in [0.717, 1.165) is 5.82 Å². The van der Waals surface area contributed by atoms with Gasteiger partial charge in [0.15, 0.2) is 0 Å². The lowest BCUT2D eigenvalue weighted by Gasteiger charge is -2.45. The van der Waals surface area contributed by atoms with Crippen LogP contribution in [0.2, 0.25) is 5.28 Å². The van der Waals surface area contributed by atoms with E-state index in [-0.39, 0.29) is 0 Å². The molecule has 0 aromatic carbocycles. The highest BCUT2D eigenvalue weighted by Crippen LogP contribution is 2.52. The Balaban J connectivity index is 1.99. The first kappa shape index (κ1) is 9.64. The second-order valence-corrected chi connectivity index (χ2v) is 5.85. The summed E-state index contributed by atoms with van der Waals surface area (Å²) >= 11 is 6.14. The zero-order valence-electron chi connectivity index (χ0n) is 9.20. The van der Waals surface area contributed by atoms with Gasteiger partial charge in [0.2, 0.25) is 5.28 Å². The van der Waals surface area contributed by atoms with E-state index in [9.17, 15) is 0 Å². The van der Waals surface area contributed by atoms with Crippen molar-refractivity contribution in [2.45, 2.75) is 51.5 Å². The van der Waals surface area contributed by atoms with Gasteiger partial charge in [0.25, 0.3) is 0 Å². The van der Waals surface area contributed by atoms with Crippen molar-refractivity contribution in [3.8, 4) is 0 Å². The fraction of sp³-hybridized carbons (Fsp3) is 0.818. The van der Waals surface area contributed by atoms with Crippen molar-refractivity contribution in [2.24, 2.45) is 5.41 Å². The molecule has 2 aliphatic rings. The molecule has 0 radical (unpaired) electrons. The third-order valence-electron chi connectivity index (χ3n) is 3.90. The molecular formula is C11H16ClN3. The summed E-state index contributed by atoms with van der Waals surface area (Å²) in [6.45, 7) is 4.60. The zero-order valence-corrected chi connectivity index (χ0v) is 9.96. The van der Waals surface area contributed by atoms with E-state index in [1.54, 1.807) is 0 Å². The van der Waals surface area contributed by atoms with Crippen LogP contribution < -0.4 is 0 Å². The number of aromatic nitrogens is 3. The lowest BCUT2D eigenvalue weighted by molar-refractivity contribution is 0.0794. The Labute approximate surface area is 94.8 Å². The normalized spacial score (nSPS) is 28.9. The number of hydrogen-bond acceptors (Lipinski definition) is 2. The van der Waals surface area contributed by atoms with Gasteiger partial charge in [-0.15, -0.1) is 10.2 Å². The second kappa shape index (κ2) is 2.97. The van der Waals surface area contributed by atoms with E-state index in [0.29, 0.717) is 22.7 Å². The van der Waals surface area contributed by atoms with Crippen LogP contribution in [-0.2, 0) is 0 Å². The van der Waals surface area contributed by atoms with Crippen molar-refractivity contribution in [3.63, 3.8) is 0 Å². The summed E-state index contributed by atoms with van der Waals surface area (Å²) in [5.41, 5.74) is 0.357. The minimum absolute atomic E-state index is 0.357. The molecule has 1 unspecified atom stereocenters. The molecule has 1 aromatic heterocycles. The molecule has 3 nitrogen and oxygen atoms in total. The van der Waals surface area contributed by atoms with Gasteiger partial charge in [0.05, 0.1) is 0 Å². The van der Waals surface area contributed by atoms with Crippen LogP contribution in [0.3, 0.4) is 0 Å². The van der Waals surface area contributed by atoms with Crippen LogP contribution in [0.4, 0.5) is 0 Å². The summed E-state index contributed by atoms with van der Waals surface area (Å²) in [5.74, 6) is 1.75. The van der Waals surface area contributed by atoms with Crippen LogP contribution in [-0.4, -0.2) is 14.8 Å². The van der Waals surface area contributed by atoms with Crippen LogP contribution in [0.1, 0.15) is 57.3 Å². The number of nitrogens with zero attached hydrogens (tertiary/aromatic N) is 3. The third kappa shape index (κ3) is 1.40. The number of hydrogen-bond donors (Lipinski definition) is 0. The van der Waals surface area contributed by atoms with Gasteiger partial charge < -0.3 is 0 Å². The summed E-state index contributed by atoms with van der Waals surface area (Å²) in [6, 6.07) is 0.510. The molecule has 2 aliphatic carbocycles. The van der Waals surface area contributed by atoms with E-state index in [2.05, 4.69) is 28.6 Å². The third-order valence-corrected chi connectivity index (χ3v) is 4.16. The van der Waals surface area contributed by atoms with Gasteiger partial charge in [-0.05, 0) is 42.7 Å². The Bertz CT molecular complexity index is 393.